The summed E-state index contributed by atoms with van der Waals surface area (Å²) < 4.78 is 44.6. The van der Waals surface area contributed by atoms with Crippen LogP contribution < -0.4 is 10.1 Å². The second kappa shape index (κ2) is 8.62. The molecule has 11 heteroatoms. The van der Waals surface area contributed by atoms with Crippen molar-refractivity contribution in [1.29, 1.82) is 0 Å². The van der Waals surface area contributed by atoms with Gasteiger partial charge in [0.05, 0.1) is 11.7 Å². The first kappa shape index (κ1) is 20.6. The molecule has 4 rings (SSSR count). The fourth-order valence-corrected chi connectivity index (χ4v) is 3.72. The summed E-state index contributed by atoms with van der Waals surface area (Å²) in [7, 11) is 0. The largest absolute Gasteiger partial charge is 0.465 e. The summed E-state index contributed by atoms with van der Waals surface area (Å²) in [6.45, 7) is -3.04. The van der Waals surface area contributed by atoms with Gasteiger partial charge in [0.25, 0.3) is 0 Å². The van der Waals surface area contributed by atoms with Crippen LogP contribution >= 0.6 is 0 Å². The highest BCUT2D eigenvalue weighted by Gasteiger charge is 2.28. The van der Waals surface area contributed by atoms with E-state index in [2.05, 4.69) is 25.3 Å². The zero-order chi connectivity index (χ0) is 22.0. The lowest BCUT2D eigenvalue weighted by atomic mass is 9.96. The molecule has 1 amide bonds. The Balaban J connectivity index is 1.60. The lowest BCUT2D eigenvalue weighted by molar-refractivity contribution is -0.0500. The van der Waals surface area contributed by atoms with Crippen LogP contribution in [0.15, 0.2) is 36.5 Å². The first-order valence-electron chi connectivity index (χ1n) is 9.52. The maximum Gasteiger partial charge on any atom is 0.405 e. The lowest BCUT2D eigenvalue weighted by Gasteiger charge is -2.21. The summed E-state index contributed by atoms with van der Waals surface area (Å²) in [4.78, 5) is 15.3. The normalized spacial score (nSPS) is 15.5. The standard InChI is InChI=1S/C20H18F3N5O3/c21-13-7-12(8-14(10-13)31-19(22)23)6-11-4-5-24-17(9-11)28-16-3-1-2-15(25-20(29)30)18(16)26-27-28/h4-5,7-10,15,19,25H,1-3,6H2,(H,29,30). The monoisotopic (exact) mass is 433 g/mol. The van der Waals surface area contributed by atoms with E-state index in [0.717, 1.165) is 23.7 Å². The molecule has 1 aliphatic rings. The number of carboxylic acid groups (broad SMARTS) is 1. The van der Waals surface area contributed by atoms with E-state index >= 15 is 0 Å². The third-order valence-corrected chi connectivity index (χ3v) is 4.92. The second-order valence-electron chi connectivity index (χ2n) is 7.10. The molecule has 0 bridgehead atoms. The Bertz CT molecular complexity index is 1110. The number of hydrogen-bond donors (Lipinski definition) is 2. The van der Waals surface area contributed by atoms with Gasteiger partial charge in [-0.3, -0.25) is 0 Å². The molecule has 2 aromatic heterocycles. The highest BCUT2D eigenvalue weighted by molar-refractivity contribution is 5.65. The van der Waals surface area contributed by atoms with Crippen LogP contribution in [0, 0.1) is 5.82 Å². The van der Waals surface area contributed by atoms with Crippen LogP contribution in [0.1, 0.15) is 41.4 Å². The molecule has 162 valence electrons. The Labute approximate surface area is 174 Å². The smallest absolute Gasteiger partial charge is 0.405 e. The molecule has 2 N–H and O–H groups in total. The molecule has 2 heterocycles. The van der Waals surface area contributed by atoms with E-state index in [4.69, 9.17) is 5.11 Å². The minimum Gasteiger partial charge on any atom is -0.465 e. The predicted molar refractivity (Wildman–Crippen MR) is 102 cm³/mol. The number of fused-ring (bicyclic) bond motifs is 1. The number of ether oxygens (including phenoxy) is 1. The number of halogens is 3. The number of nitrogens with one attached hydrogen (secondary N) is 1. The van der Waals surface area contributed by atoms with Gasteiger partial charge in [-0.2, -0.15) is 13.5 Å². The number of hydrogen-bond acceptors (Lipinski definition) is 5. The van der Waals surface area contributed by atoms with Crippen LogP contribution in [-0.2, 0) is 12.8 Å². The van der Waals surface area contributed by atoms with Crippen molar-refractivity contribution in [3.63, 3.8) is 0 Å². The number of alkyl halides is 2. The molecule has 1 aromatic carbocycles. The molecule has 1 atom stereocenters. The third kappa shape index (κ3) is 4.76. The van der Waals surface area contributed by atoms with Crippen LogP contribution in [0.4, 0.5) is 18.0 Å². The molecule has 1 aliphatic carbocycles. The van der Waals surface area contributed by atoms with E-state index in [1.165, 1.54) is 12.1 Å². The Hall–Kier alpha value is -3.63. The maximum absolute atomic E-state index is 13.8. The molecule has 1 unspecified atom stereocenters. The Kier molecular flexibility index (Phi) is 5.74. The van der Waals surface area contributed by atoms with Crippen molar-refractivity contribution < 1.29 is 27.8 Å². The highest BCUT2D eigenvalue weighted by Crippen LogP contribution is 2.29. The van der Waals surface area contributed by atoms with Crippen molar-refractivity contribution in [3.05, 3.63) is 64.9 Å². The average Bonchev–Trinajstić information content (AvgIpc) is 3.12. The summed E-state index contributed by atoms with van der Waals surface area (Å²) in [5, 5.41) is 19.8. The van der Waals surface area contributed by atoms with Gasteiger partial charge in [0.2, 0.25) is 0 Å². The Morgan fingerprint density at radius 2 is 2.13 bits per heavy atom. The molecular formula is C20H18F3N5O3. The summed E-state index contributed by atoms with van der Waals surface area (Å²) in [6.07, 6.45) is 2.76. The molecule has 0 fully saturated rings. The van der Waals surface area contributed by atoms with Crippen molar-refractivity contribution in [3.8, 4) is 11.6 Å². The first-order valence-corrected chi connectivity index (χ1v) is 9.52. The summed E-state index contributed by atoms with van der Waals surface area (Å²) in [5.74, 6) is -0.450. The molecule has 0 radical (unpaired) electrons. The van der Waals surface area contributed by atoms with E-state index in [1.54, 1.807) is 23.0 Å². The molecule has 0 saturated carbocycles. The molecule has 3 aromatic rings. The quantitative estimate of drug-likeness (QED) is 0.616. The van der Waals surface area contributed by atoms with E-state index in [9.17, 15) is 18.0 Å². The average molecular weight is 433 g/mol. The van der Waals surface area contributed by atoms with Gasteiger partial charge in [-0.05, 0) is 61.1 Å². The van der Waals surface area contributed by atoms with Gasteiger partial charge in [-0.1, -0.05) is 5.21 Å². The zero-order valence-corrected chi connectivity index (χ0v) is 16.1. The second-order valence-corrected chi connectivity index (χ2v) is 7.10. The highest BCUT2D eigenvalue weighted by atomic mass is 19.3. The number of aromatic nitrogens is 4. The number of amides is 1. The number of nitrogens with zero attached hydrogens (tertiary/aromatic N) is 4. The SMILES string of the molecule is O=C(O)NC1CCCc2c1nnn2-c1cc(Cc2cc(F)cc(OC(F)F)c2)ccn1. The van der Waals surface area contributed by atoms with Gasteiger partial charge in [0, 0.05) is 12.3 Å². The molecule has 31 heavy (non-hydrogen) atoms. The number of carbonyl (C=O) groups is 1. The minimum absolute atomic E-state index is 0.249. The van der Waals surface area contributed by atoms with Crippen LogP contribution in [-0.4, -0.2) is 37.8 Å². The topological polar surface area (TPSA) is 102 Å². The van der Waals surface area contributed by atoms with E-state index in [0.29, 0.717) is 29.9 Å². The lowest BCUT2D eigenvalue weighted by Crippen LogP contribution is -2.30. The maximum atomic E-state index is 13.8. The van der Waals surface area contributed by atoms with Gasteiger partial charge in [-0.15, -0.1) is 5.10 Å². The fraction of sp³-hybridized carbons (Fsp3) is 0.300. The first-order chi connectivity index (χ1) is 14.9. The number of pyridine rings is 1. The third-order valence-electron chi connectivity index (χ3n) is 4.92. The number of rotatable bonds is 6. The summed E-state index contributed by atoms with van der Waals surface area (Å²) in [6, 6.07) is 6.53. The van der Waals surface area contributed by atoms with Crippen molar-refractivity contribution in [1.82, 2.24) is 25.3 Å². The minimum atomic E-state index is -3.04. The molecule has 0 aliphatic heterocycles. The van der Waals surface area contributed by atoms with E-state index < -0.39 is 24.6 Å². The van der Waals surface area contributed by atoms with Crippen molar-refractivity contribution in [2.75, 3.05) is 0 Å². The van der Waals surface area contributed by atoms with Crippen LogP contribution in [0.5, 0.6) is 5.75 Å². The van der Waals surface area contributed by atoms with Gasteiger partial charge < -0.3 is 15.2 Å². The van der Waals surface area contributed by atoms with Crippen molar-refractivity contribution >= 4 is 6.09 Å². The molecule has 0 spiro atoms. The Morgan fingerprint density at radius 1 is 1.29 bits per heavy atom. The van der Waals surface area contributed by atoms with Crippen LogP contribution in [0.3, 0.4) is 0 Å². The number of benzene rings is 1. The van der Waals surface area contributed by atoms with Gasteiger partial charge in [0.15, 0.2) is 5.82 Å². The van der Waals surface area contributed by atoms with Gasteiger partial charge >= 0.3 is 12.7 Å². The van der Waals surface area contributed by atoms with Gasteiger partial charge in [0.1, 0.15) is 17.3 Å². The Morgan fingerprint density at radius 3 is 2.90 bits per heavy atom. The molecule has 8 nitrogen and oxygen atoms in total. The van der Waals surface area contributed by atoms with Crippen molar-refractivity contribution in [2.45, 2.75) is 38.3 Å². The van der Waals surface area contributed by atoms with Gasteiger partial charge in [-0.25, -0.2) is 14.2 Å². The molecular weight excluding hydrogens is 415 g/mol. The predicted octanol–water partition coefficient (Wildman–Crippen LogP) is 3.64. The van der Waals surface area contributed by atoms with E-state index in [1.807, 2.05) is 0 Å². The van der Waals surface area contributed by atoms with Crippen molar-refractivity contribution in [2.24, 2.45) is 0 Å². The fourth-order valence-electron chi connectivity index (χ4n) is 3.72. The zero-order valence-electron chi connectivity index (χ0n) is 16.1. The van der Waals surface area contributed by atoms with Crippen LogP contribution in [0.25, 0.3) is 5.82 Å². The van der Waals surface area contributed by atoms with E-state index in [-0.39, 0.29) is 12.2 Å². The van der Waals surface area contributed by atoms with Crippen LogP contribution in [0.2, 0.25) is 0 Å². The molecule has 0 saturated heterocycles. The summed E-state index contributed by atoms with van der Waals surface area (Å²) >= 11 is 0. The summed E-state index contributed by atoms with van der Waals surface area (Å²) in [5.41, 5.74) is 2.55.